The number of rotatable bonds is 8. The van der Waals surface area contributed by atoms with E-state index < -0.39 is 0 Å². The van der Waals surface area contributed by atoms with E-state index in [1.54, 1.807) is 33.0 Å². The normalized spacial score (nSPS) is 10.9. The summed E-state index contributed by atoms with van der Waals surface area (Å²) in [5, 5.41) is 1.16. The molecule has 0 bridgehead atoms. The van der Waals surface area contributed by atoms with Crippen molar-refractivity contribution in [2.24, 2.45) is 0 Å². The fraction of sp³-hybridized carbons (Fsp3) is 0.231. The van der Waals surface area contributed by atoms with Crippen LogP contribution in [0.5, 0.6) is 23.0 Å². The number of aromatic nitrogens is 2. The molecule has 3 aromatic carbocycles. The van der Waals surface area contributed by atoms with Gasteiger partial charge in [-0.25, -0.2) is 4.98 Å². The summed E-state index contributed by atoms with van der Waals surface area (Å²) in [6.45, 7) is 1.96. The Morgan fingerprint density at radius 2 is 1.53 bits per heavy atom. The SMILES string of the molecule is COc1ccc(-n2c(SCc3cc(OC)c(OC)c(OC)c3)nc3ccc(C)cc3c2=O)cc1. The summed E-state index contributed by atoms with van der Waals surface area (Å²) in [4.78, 5) is 18.4. The topological polar surface area (TPSA) is 71.8 Å². The van der Waals surface area contributed by atoms with Crippen LogP contribution in [-0.2, 0) is 5.75 Å². The largest absolute Gasteiger partial charge is 0.497 e. The van der Waals surface area contributed by atoms with Gasteiger partial charge in [-0.3, -0.25) is 9.36 Å². The van der Waals surface area contributed by atoms with Crippen LogP contribution in [0.3, 0.4) is 0 Å². The molecule has 0 radical (unpaired) electrons. The highest BCUT2D eigenvalue weighted by molar-refractivity contribution is 7.98. The molecule has 34 heavy (non-hydrogen) atoms. The maximum absolute atomic E-state index is 13.6. The first-order valence-electron chi connectivity index (χ1n) is 10.6. The van der Waals surface area contributed by atoms with Crippen molar-refractivity contribution >= 4 is 22.7 Å². The van der Waals surface area contributed by atoms with Crippen molar-refractivity contribution < 1.29 is 18.9 Å². The average molecular weight is 479 g/mol. The van der Waals surface area contributed by atoms with E-state index in [9.17, 15) is 4.79 Å². The van der Waals surface area contributed by atoms with Crippen LogP contribution in [0.1, 0.15) is 11.1 Å². The monoisotopic (exact) mass is 478 g/mol. The first kappa shape index (κ1) is 23.5. The van der Waals surface area contributed by atoms with Crippen molar-refractivity contribution in [2.45, 2.75) is 17.8 Å². The highest BCUT2D eigenvalue weighted by Crippen LogP contribution is 2.39. The number of thioether (sulfide) groups is 1. The van der Waals surface area contributed by atoms with Gasteiger partial charge in [0.1, 0.15) is 5.75 Å². The molecule has 0 aliphatic rings. The Morgan fingerprint density at radius 3 is 2.12 bits per heavy atom. The molecule has 0 unspecified atom stereocenters. The van der Waals surface area contributed by atoms with E-state index in [2.05, 4.69) is 0 Å². The third-order valence-corrected chi connectivity index (χ3v) is 6.43. The van der Waals surface area contributed by atoms with Crippen LogP contribution in [0.15, 0.2) is 64.5 Å². The zero-order valence-corrected chi connectivity index (χ0v) is 20.6. The van der Waals surface area contributed by atoms with E-state index in [-0.39, 0.29) is 5.56 Å². The minimum absolute atomic E-state index is 0.119. The van der Waals surface area contributed by atoms with Crippen LogP contribution in [-0.4, -0.2) is 38.0 Å². The molecule has 4 aromatic rings. The minimum Gasteiger partial charge on any atom is -0.497 e. The Bertz CT molecular complexity index is 1360. The van der Waals surface area contributed by atoms with E-state index in [1.165, 1.54) is 11.8 Å². The lowest BCUT2D eigenvalue weighted by Gasteiger charge is -2.16. The van der Waals surface area contributed by atoms with Gasteiger partial charge in [-0.1, -0.05) is 23.4 Å². The number of methoxy groups -OCH3 is 4. The number of ether oxygens (including phenoxy) is 4. The fourth-order valence-electron chi connectivity index (χ4n) is 3.70. The summed E-state index contributed by atoms with van der Waals surface area (Å²) >= 11 is 1.46. The van der Waals surface area contributed by atoms with Gasteiger partial charge in [0.2, 0.25) is 5.75 Å². The molecular weight excluding hydrogens is 452 g/mol. The van der Waals surface area contributed by atoms with Crippen LogP contribution in [0.4, 0.5) is 0 Å². The second kappa shape index (κ2) is 10.1. The Hall–Kier alpha value is -3.65. The third kappa shape index (κ3) is 4.54. The lowest BCUT2D eigenvalue weighted by atomic mass is 10.1. The van der Waals surface area contributed by atoms with Crippen molar-refractivity contribution in [1.82, 2.24) is 9.55 Å². The molecule has 1 heterocycles. The fourth-order valence-corrected chi connectivity index (χ4v) is 4.64. The van der Waals surface area contributed by atoms with Gasteiger partial charge in [0, 0.05) is 5.75 Å². The van der Waals surface area contributed by atoms with E-state index in [1.807, 2.05) is 61.5 Å². The molecule has 0 amide bonds. The van der Waals surface area contributed by atoms with Crippen molar-refractivity contribution in [3.05, 3.63) is 76.1 Å². The molecule has 0 aliphatic carbocycles. The van der Waals surface area contributed by atoms with Gasteiger partial charge < -0.3 is 18.9 Å². The predicted octanol–water partition coefficient (Wildman–Crippen LogP) is 5.02. The Balaban J connectivity index is 1.80. The second-order valence-electron chi connectivity index (χ2n) is 7.58. The number of hydrogen-bond donors (Lipinski definition) is 0. The number of fused-ring (bicyclic) bond motifs is 1. The molecular formula is C26H26N2O5S. The summed E-state index contributed by atoms with van der Waals surface area (Å²) in [5.41, 5.74) is 3.21. The number of nitrogens with zero attached hydrogens (tertiary/aromatic N) is 2. The van der Waals surface area contributed by atoms with Crippen LogP contribution < -0.4 is 24.5 Å². The Morgan fingerprint density at radius 1 is 0.853 bits per heavy atom. The molecule has 176 valence electrons. The second-order valence-corrected chi connectivity index (χ2v) is 8.52. The van der Waals surface area contributed by atoms with Gasteiger partial charge in [0.25, 0.3) is 5.56 Å². The molecule has 0 saturated carbocycles. The summed E-state index contributed by atoms with van der Waals surface area (Å²) < 4.78 is 23.3. The summed E-state index contributed by atoms with van der Waals surface area (Å²) in [6.07, 6.45) is 0. The molecule has 8 heteroatoms. The highest BCUT2D eigenvalue weighted by Gasteiger charge is 2.17. The van der Waals surface area contributed by atoms with Gasteiger partial charge >= 0.3 is 0 Å². The quantitative estimate of drug-likeness (QED) is 0.260. The maximum Gasteiger partial charge on any atom is 0.266 e. The minimum atomic E-state index is -0.119. The van der Waals surface area contributed by atoms with Gasteiger partial charge in [-0.15, -0.1) is 0 Å². The number of aryl methyl sites for hydroxylation is 1. The first-order chi connectivity index (χ1) is 16.5. The zero-order valence-electron chi connectivity index (χ0n) is 19.7. The van der Waals surface area contributed by atoms with Crippen LogP contribution in [0.2, 0.25) is 0 Å². The van der Waals surface area contributed by atoms with Gasteiger partial charge in [0.05, 0.1) is 45.0 Å². The molecule has 0 saturated heterocycles. The number of benzene rings is 3. The smallest absolute Gasteiger partial charge is 0.266 e. The van der Waals surface area contributed by atoms with Crippen molar-refractivity contribution in [3.8, 4) is 28.7 Å². The standard InChI is InChI=1S/C26H26N2O5S/c1-16-6-11-21-20(12-16)25(29)28(18-7-9-19(30-2)10-8-18)26(27-21)34-15-17-13-22(31-3)24(33-5)23(14-17)32-4/h6-14H,15H2,1-5H3. The van der Waals surface area contributed by atoms with Crippen molar-refractivity contribution in [3.63, 3.8) is 0 Å². The molecule has 0 spiro atoms. The predicted molar refractivity (Wildman–Crippen MR) is 134 cm³/mol. The van der Waals surface area contributed by atoms with Gasteiger partial charge in [0.15, 0.2) is 16.7 Å². The lowest BCUT2D eigenvalue weighted by molar-refractivity contribution is 0.324. The Kier molecular flexibility index (Phi) is 6.98. The van der Waals surface area contributed by atoms with Crippen molar-refractivity contribution in [1.29, 1.82) is 0 Å². The molecule has 7 nitrogen and oxygen atoms in total. The highest BCUT2D eigenvalue weighted by atomic mass is 32.2. The molecule has 0 atom stereocenters. The number of hydrogen-bond acceptors (Lipinski definition) is 7. The molecule has 0 aliphatic heterocycles. The van der Waals surface area contributed by atoms with E-state index in [0.29, 0.717) is 50.5 Å². The van der Waals surface area contributed by atoms with E-state index in [0.717, 1.165) is 11.1 Å². The van der Waals surface area contributed by atoms with E-state index >= 15 is 0 Å². The van der Waals surface area contributed by atoms with Crippen LogP contribution in [0.25, 0.3) is 16.6 Å². The molecule has 0 fully saturated rings. The summed E-state index contributed by atoms with van der Waals surface area (Å²) in [6, 6.07) is 16.9. The van der Waals surface area contributed by atoms with Gasteiger partial charge in [-0.2, -0.15) is 0 Å². The lowest BCUT2D eigenvalue weighted by Crippen LogP contribution is -2.21. The summed E-state index contributed by atoms with van der Waals surface area (Å²) in [5.74, 6) is 2.94. The van der Waals surface area contributed by atoms with Gasteiger partial charge in [-0.05, 0) is 61.0 Å². The zero-order chi connectivity index (χ0) is 24.2. The van der Waals surface area contributed by atoms with Crippen LogP contribution >= 0.6 is 11.8 Å². The molecule has 0 N–H and O–H groups in total. The summed E-state index contributed by atoms with van der Waals surface area (Å²) in [7, 11) is 6.36. The molecule has 1 aromatic heterocycles. The third-order valence-electron chi connectivity index (χ3n) is 5.42. The average Bonchev–Trinajstić information content (AvgIpc) is 2.87. The first-order valence-corrected chi connectivity index (χ1v) is 11.6. The van der Waals surface area contributed by atoms with Crippen LogP contribution in [0, 0.1) is 6.92 Å². The van der Waals surface area contributed by atoms with E-state index in [4.69, 9.17) is 23.9 Å². The molecule has 4 rings (SSSR count). The van der Waals surface area contributed by atoms with Crippen molar-refractivity contribution in [2.75, 3.05) is 28.4 Å². The maximum atomic E-state index is 13.6. The Labute approximate surface area is 202 Å².